The van der Waals surface area contributed by atoms with E-state index in [0.29, 0.717) is 5.92 Å². The highest BCUT2D eigenvalue weighted by Gasteiger charge is 2.30. The number of likely N-dealkylation sites (tertiary alicyclic amines) is 1. The van der Waals surface area contributed by atoms with Gasteiger partial charge in [0.1, 0.15) is 6.04 Å². The third-order valence-electron chi connectivity index (χ3n) is 5.32. The molecule has 5 nitrogen and oxygen atoms in total. The first-order valence-corrected chi connectivity index (χ1v) is 8.97. The topological polar surface area (TPSA) is 52.7 Å². The van der Waals surface area contributed by atoms with Crippen molar-refractivity contribution >= 4 is 17.5 Å². The predicted octanol–water partition coefficient (Wildman–Crippen LogP) is 2.27. The lowest BCUT2D eigenvalue weighted by Gasteiger charge is -2.30. The molecule has 130 valence electrons. The van der Waals surface area contributed by atoms with Crippen LogP contribution in [-0.2, 0) is 4.79 Å². The molecule has 24 heavy (non-hydrogen) atoms. The van der Waals surface area contributed by atoms with Crippen LogP contribution in [0.15, 0.2) is 24.3 Å². The Morgan fingerprint density at radius 2 is 1.71 bits per heavy atom. The molecule has 1 aromatic carbocycles. The third kappa shape index (κ3) is 3.40. The summed E-state index contributed by atoms with van der Waals surface area (Å²) in [4.78, 5) is 28.7. The SMILES string of the molecule is CNC(=O)C1CCCN1c1ccc(C(=O)N2CCC(C)CC2)cc1. The summed E-state index contributed by atoms with van der Waals surface area (Å²) in [7, 11) is 1.68. The summed E-state index contributed by atoms with van der Waals surface area (Å²) < 4.78 is 0. The third-order valence-corrected chi connectivity index (χ3v) is 5.32. The number of likely N-dealkylation sites (N-methyl/N-ethyl adjacent to an activating group) is 1. The van der Waals surface area contributed by atoms with Crippen LogP contribution in [-0.4, -0.2) is 49.4 Å². The molecule has 1 N–H and O–H groups in total. The zero-order valence-corrected chi connectivity index (χ0v) is 14.6. The van der Waals surface area contributed by atoms with E-state index in [-0.39, 0.29) is 17.9 Å². The summed E-state index contributed by atoms with van der Waals surface area (Å²) >= 11 is 0. The number of piperidine rings is 1. The van der Waals surface area contributed by atoms with Crippen molar-refractivity contribution in [2.24, 2.45) is 5.92 Å². The summed E-state index contributed by atoms with van der Waals surface area (Å²) in [6.45, 7) is 4.84. The Kier molecular flexibility index (Phi) is 5.07. The van der Waals surface area contributed by atoms with Crippen LogP contribution in [0.4, 0.5) is 5.69 Å². The number of hydrogen-bond acceptors (Lipinski definition) is 3. The van der Waals surface area contributed by atoms with Gasteiger partial charge in [0.05, 0.1) is 0 Å². The van der Waals surface area contributed by atoms with Gasteiger partial charge in [-0.1, -0.05) is 6.92 Å². The summed E-state index contributed by atoms with van der Waals surface area (Å²) in [5, 5.41) is 2.74. The zero-order valence-electron chi connectivity index (χ0n) is 14.6. The fourth-order valence-electron chi connectivity index (χ4n) is 3.70. The number of hydrogen-bond donors (Lipinski definition) is 1. The van der Waals surface area contributed by atoms with Crippen molar-refractivity contribution in [1.29, 1.82) is 0 Å². The number of anilines is 1. The van der Waals surface area contributed by atoms with Crippen LogP contribution < -0.4 is 10.2 Å². The Bertz CT molecular complexity index is 591. The Labute approximate surface area is 144 Å². The van der Waals surface area contributed by atoms with Crippen LogP contribution in [0, 0.1) is 5.92 Å². The summed E-state index contributed by atoms with van der Waals surface area (Å²) in [6.07, 6.45) is 4.08. The van der Waals surface area contributed by atoms with Gasteiger partial charge in [-0.2, -0.15) is 0 Å². The molecule has 0 bridgehead atoms. The first-order chi connectivity index (χ1) is 11.6. The van der Waals surface area contributed by atoms with Gasteiger partial charge in [-0.3, -0.25) is 9.59 Å². The van der Waals surface area contributed by atoms with Crippen LogP contribution in [0.25, 0.3) is 0 Å². The maximum atomic E-state index is 12.6. The molecule has 1 aromatic rings. The first kappa shape index (κ1) is 16.8. The molecule has 2 saturated heterocycles. The molecule has 2 aliphatic rings. The van der Waals surface area contributed by atoms with E-state index in [0.717, 1.165) is 56.6 Å². The van der Waals surface area contributed by atoms with Gasteiger partial charge in [0.2, 0.25) is 5.91 Å². The monoisotopic (exact) mass is 329 g/mol. The molecule has 0 spiro atoms. The molecule has 1 atom stereocenters. The number of benzene rings is 1. The Morgan fingerprint density at radius 3 is 2.33 bits per heavy atom. The second kappa shape index (κ2) is 7.24. The normalized spacial score (nSPS) is 21.8. The minimum absolute atomic E-state index is 0.0649. The maximum Gasteiger partial charge on any atom is 0.253 e. The number of nitrogens with one attached hydrogen (secondary N) is 1. The molecule has 5 heteroatoms. The molecule has 2 amide bonds. The first-order valence-electron chi connectivity index (χ1n) is 8.97. The molecule has 0 aromatic heterocycles. The Morgan fingerprint density at radius 1 is 1.04 bits per heavy atom. The van der Waals surface area contributed by atoms with Gasteiger partial charge >= 0.3 is 0 Å². The molecule has 2 aliphatic heterocycles. The van der Waals surface area contributed by atoms with Crippen LogP contribution in [0.1, 0.15) is 43.0 Å². The van der Waals surface area contributed by atoms with E-state index in [1.54, 1.807) is 7.05 Å². The molecule has 2 fully saturated rings. The number of carbonyl (C=O) groups is 2. The van der Waals surface area contributed by atoms with Crippen molar-refractivity contribution in [3.63, 3.8) is 0 Å². The zero-order chi connectivity index (χ0) is 17.1. The Balaban J connectivity index is 1.69. The number of rotatable bonds is 3. The highest BCUT2D eigenvalue weighted by atomic mass is 16.2. The standard InChI is InChI=1S/C19H27N3O2/c1-14-9-12-21(13-10-14)19(24)15-5-7-16(8-6-15)22-11-3-4-17(22)18(23)20-2/h5-8,14,17H,3-4,9-13H2,1-2H3,(H,20,23). The highest BCUT2D eigenvalue weighted by molar-refractivity contribution is 5.94. The molecule has 2 heterocycles. The van der Waals surface area contributed by atoms with Crippen LogP contribution >= 0.6 is 0 Å². The maximum absolute atomic E-state index is 12.6. The largest absolute Gasteiger partial charge is 0.360 e. The van der Waals surface area contributed by atoms with E-state index in [1.165, 1.54) is 0 Å². The number of nitrogens with zero attached hydrogens (tertiary/aromatic N) is 2. The Hall–Kier alpha value is -2.04. The van der Waals surface area contributed by atoms with E-state index in [1.807, 2.05) is 29.2 Å². The van der Waals surface area contributed by atoms with E-state index in [9.17, 15) is 9.59 Å². The molecule has 0 aliphatic carbocycles. The van der Waals surface area contributed by atoms with Gasteiger partial charge in [0, 0.05) is 37.9 Å². The van der Waals surface area contributed by atoms with E-state index in [2.05, 4.69) is 17.1 Å². The molecule has 0 saturated carbocycles. The van der Waals surface area contributed by atoms with Crippen molar-refractivity contribution in [2.45, 2.75) is 38.6 Å². The molecule has 1 unspecified atom stereocenters. The van der Waals surface area contributed by atoms with Gasteiger partial charge in [0.25, 0.3) is 5.91 Å². The molecular formula is C19H27N3O2. The van der Waals surface area contributed by atoms with Gasteiger partial charge in [-0.15, -0.1) is 0 Å². The lowest BCUT2D eigenvalue weighted by atomic mass is 9.98. The summed E-state index contributed by atoms with van der Waals surface area (Å²) in [5.74, 6) is 0.904. The molecule has 0 radical (unpaired) electrons. The van der Waals surface area contributed by atoms with Crippen molar-refractivity contribution in [3.8, 4) is 0 Å². The highest BCUT2D eigenvalue weighted by Crippen LogP contribution is 2.26. The van der Waals surface area contributed by atoms with E-state index in [4.69, 9.17) is 0 Å². The molecule has 3 rings (SSSR count). The van der Waals surface area contributed by atoms with Gasteiger partial charge in [0.15, 0.2) is 0 Å². The van der Waals surface area contributed by atoms with Gasteiger partial charge < -0.3 is 15.1 Å². The summed E-state index contributed by atoms with van der Waals surface area (Å²) in [5.41, 5.74) is 1.76. The van der Waals surface area contributed by atoms with Gasteiger partial charge in [-0.25, -0.2) is 0 Å². The average molecular weight is 329 g/mol. The van der Waals surface area contributed by atoms with Crippen molar-refractivity contribution in [1.82, 2.24) is 10.2 Å². The summed E-state index contributed by atoms with van der Waals surface area (Å²) in [6, 6.07) is 7.64. The van der Waals surface area contributed by atoms with Crippen LogP contribution in [0.5, 0.6) is 0 Å². The van der Waals surface area contributed by atoms with Crippen molar-refractivity contribution < 1.29 is 9.59 Å². The van der Waals surface area contributed by atoms with Crippen molar-refractivity contribution in [2.75, 3.05) is 31.6 Å². The lowest BCUT2D eigenvalue weighted by Crippen LogP contribution is -2.42. The smallest absolute Gasteiger partial charge is 0.253 e. The fraction of sp³-hybridized carbons (Fsp3) is 0.579. The second-order valence-electron chi connectivity index (χ2n) is 6.99. The molecular weight excluding hydrogens is 302 g/mol. The van der Waals surface area contributed by atoms with E-state index >= 15 is 0 Å². The van der Waals surface area contributed by atoms with Crippen LogP contribution in [0.2, 0.25) is 0 Å². The van der Waals surface area contributed by atoms with Crippen molar-refractivity contribution in [3.05, 3.63) is 29.8 Å². The minimum atomic E-state index is -0.0971. The fourth-order valence-corrected chi connectivity index (χ4v) is 3.70. The number of carbonyl (C=O) groups excluding carboxylic acids is 2. The predicted molar refractivity (Wildman–Crippen MR) is 95.2 cm³/mol. The van der Waals surface area contributed by atoms with Crippen LogP contribution in [0.3, 0.4) is 0 Å². The average Bonchev–Trinajstić information content (AvgIpc) is 3.11. The van der Waals surface area contributed by atoms with Gasteiger partial charge in [-0.05, 0) is 55.9 Å². The van der Waals surface area contributed by atoms with E-state index < -0.39 is 0 Å². The number of amides is 2. The second-order valence-corrected chi connectivity index (χ2v) is 6.99. The lowest BCUT2D eigenvalue weighted by molar-refractivity contribution is -0.121. The quantitative estimate of drug-likeness (QED) is 0.925. The minimum Gasteiger partial charge on any atom is -0.360 e.